The SMILES string of the molecule is Cc1cc(F)c(COc2nsc(NC(=O)NCCCCCC(O)CN(C)C)c2C(N)=O)c(F)c1. The largest absolute Gasteiger partial charge is 0.471 e. The van der Waals surface area contributed by atoms with Crippen LogP contribution in [0.5, 0.6) is 5.88 Å². The molecule has 0 spiro atoms. The fraction of sp³-hybridized carbons (Fsp3) is 0.500. The van der Waals surface area contributed by atoms with Crippen molar-refractivity contribution in [1.82, 2.24) is 14.6 Å². The van der Waals surface area contributed by atoms with Gasteiger partial charge in [0.2, 0.25) is 5.88 Å². The van der Waals surface area contributed by atoms with Crippen LogP contribution in [0.25, 0.3) is 0 Å². The number of aromatic nitrogens is 1. The number of amides is 3. The van der Waals surface area contributed by atoms with Crippen LogP contribution >= 0.6 is 11.5 Å². The third kappa shape index (κ3) is 8.50. The third-order valence-corrected chi connectivity index (χ3v) is 5.59. The quantitative estimate of drug-likeness (QED) is 0.314. The van der Waals surface area contributed by atoms with Crippen molar-refractivity contribution in [3.63, 3.8) is 0 Å². The first-order valence-corrected chi connectivity index (χ1v) is 11.6. The summed E-state index contributed by atoms with van der Waals surface area (Å²) >= 11 is 0.767. The zero-order chi connectivity index (χ0) is 25.3. The number of aliphatic hydroxyl groups excluding tert-OH is 1. The molecule has 3 amide bonds. The summed E-state index contributed by atoms with van der Waals surface area (Å²) in [6.45, 7) is 2.06. The predicted molar refractivity (Wildman–Crippen MR) is 126 cm³/mol. The lowest BCUT2D eigenvalue weighted by Crippen LogP contribution is -2.30. The number of ether oxygens (including phenoxy) is 1. The lowest BCUT2D eigenvalue weighted by molar-refractivity contribution is 0.0996. The lowest BCUT2D eigenvalue weighted by Gasteiger charge is -2.15. The maximum absolute atomic E-state index is 14.0. The van der Waals surface area contributed by atoms with E-state index in [0.29, 0.717) is 25.1 Å². The number of unbranched alkanes of at least 4 members (excludes halogenated alkanes) is 2. The van der Waals surface area contributed by atoms with E-state index in [2.05, 4.69) is 15.0 Å². The number of primary amides is 1. The predicted octanol–water partition coefficient (Wildman–Crippen LogP) is 3.01. The van der Waals surface area contributed by atoms with E-state index in [1.54, 1.807) is 6.92 Å². The summed E-state index contributed by atoms with van der Waals surface area (Å²) in [4.78, 5) is 26.0. The number of hydrogen-bond acceptors (Lipinski definition) is 7. The average molecular weight is 500 g/mol. The third-order valence-electron chi connectivity index (χ3n) is 4.85. The second-order valence-electron chi connectivity index (χ2n) is 8.20. The highest BCUT2D eigenvalue weighted by Gasteiger charge is 2.23. The molecule has 0 aliphatic heterocycles. The van der Waals surface area contributed by atoms with Gasteiger partial charge in [-0.15, -0.1) is 0 Å². The van der Waals surface area contributed by atoms with Crippen LogP contribution in [-0.2, 0) is 6.61 Å². The van der Waals surface area contributed by atoms with Crippen LogP contribution in [0, 0.1) is 18.6 Å². The van der Waals surface area contributed by atoms with Crippen molar-refractivity contribution >= 4 is 28.5 Å². The molecule has 0 radical (unpaired) electrons. The topological polar surface area (TPSA) is 130 Å². The maximum atomic E-state index is 14.0. The van der Waals surface area contributed by atoms with E-state index in [9.17, 15) is 23.5 Å². The Balaban J connectivity index is 1.85. The van der Waals surface area contributed by atoms with Crippen molar-refractivity contribution in [3.05, 3.63) is 40.5 Å². The van der Waals surface area contributed by atoms with Gasteiger partial charge in [-0.2, -0.15) is 4.37 Å². The first kappa shape index (κ1) is 27.4. The number of rotatable bonds is 13. The minimum atomic E-state index is -0.903. The Bertz CT molecular complexity index is 963. The molecule has 0 bridgehead atoms. The van der Waals surface area contributed by atoms with E-state index in [-0.39, 0.29) is 28.1 Å². The van der Waals surface area contributed by atoms with Crippen molar-refractivity contribution < 1.29 is 28.2 Å². The van der Waals surface area contributed by atoms with Crippen LogP contribution in [0.2, 0.25) is 0 Å². The Morgan fingerprint density at radius 3 is 2.53 bits per heavy atom. The van der Waals surface area contributed by atoms with Crippen LogP contribution in [0.4, 0.5) is 18.6 Å². The molecule has 5 N–H and O–H groups in total. The minimum Gasteiger partial charge on any atom is -0.471 e. The highest BCUT2D eigenvalue weighted by atomic mass is 32.1. The number of hydrogen-bond donors (Lipinski definition) is 4. The molecule has 1 heterocycles. The summed E-state index contributed by atoms with van der Waals surface area (Å²) in [5.74, 6) is -2.68. The number of likely N-dealkylation sites (N-methyl/N-ethyl adjacent to an activating group) is 1. The van der Waals surface area contributed by atoms with E-state index >= 15 is 0 Å². The number of anilines is 1. The Morgan fingerprint density at radius 2 is 1.91 bits per heavy atom. The zero-order valence-electron chi connectivity index (χ0n) is 19.5. The Hall–Kier alpha value is -2.83. The molecule has 2 aromatic rings. The van der Waals surface area contributed by atoms with Gasteiger partial charge in [0.05, 0.1) is 11.7 Å². The molecule has 1 atom stereocenters. The number of aliphatic hydroxyl groups is 1. The molecule has 1 aromatic heterocycles. The van der Waals surface area contributed by atoms with Gasteiger partial charge in [0, 0.05) is 13.1 Å². The number of aryl methyl sites for hydroxylation is 1. The number of benzene rings is 1. The molecule has 0 aliphatic rings. The summed E-state index contributed by atoms with van der Waals surface area (Å²) in [6, 6.07) is 1.78. The number of urea groups is 1. The molecule has 9 nitrogen and oxygen atoms in total. The molecule has 0 saturated heterocycles. The maximum Gasteiger partial charge on any atom is 0.319 e. The average Bonchev–Trinajstić information content (AvgIpc) is 3.11. The monoisotopic (exact) mass is 499 g/mol. The van der Waals surface area contributed by atoms with Crippen LogP contribution in [0.15, 0.2) is 12.1 Å². The van der Waals surface area contributed by atoms with Crippen LogP contribution in [0.3, 0.4) is 0 Å². The van der Waals surface area contributed by atoms with Gasteiger partial charge in [-0.05, 0) is 63.1 Å². The number of halogens is 2. The molecular weight excluding hydrogens is 468 g/mol. The Kier molecular flexibility index (Phi) is 10.6. The second kappa shape index (κ2) is 13.2. The van der Waals surface area contributed by atoms with Gasteiger partial charge >= 0.3 is 6.03 Å². The van der Waals surface area contributed by atoms with E-state index < -0.39 is 30.2 Å². The van der Waals surface area contributed by atoms with Gasteiger partial charge in [0.1, 0.15) is 28.8 Å². The number of carbonyl (C=O) groups excluding carboxylic acids is 2. The molecule has 0 aliphatic carbocycles. The summed E-state index contributed by atoms with van der Waals surface area (Å²) < 4.78 is 37.3. The van der Waals surface area contributed by atoms with Gasteiger partial charge < -0.3 is 25.8 Å². The fourth-order valence-corrected chi connectivity index (χ4v) is 3.96. The molecule has 0 fully saturated rings. The van der Waals surface area contributed by atoms with Crippen molar-refractivity contribution in [3.8, 4) is 5.88 Å². The number of carbonyl (C=O) groups is 2. The number of nitrogens with one attached hydrogen (secondary N) is 2. The molecule has 2 rings (SSSR count). The second-order valence-corrected chi connectivity index (χ2v) is 8.97. The van der Waals surface area contributed by atoms with Crippen molar-refractivity contribution in [2.24, 2.45) is 5.73 Å². The van der Waals surface area contributed by atoms with E-state index in [0.717, 1.165) is 30.8 Å². The molecule has 34 heavy (non-hydrogen) atoms. The molecule has 1 unspecified atom stereocenters. The Labute approximate surface area is 201 Å². The molecule has 0 saturated carbocycles. The molecule has 12 heteroatoms. The highest BCUT2D eigenvalue weighted by Crippen LogP contribution is 2.31. The summed E-state index contributed by atoms with van der Waals surface area (Å²) in [6.07, 6.45) is 2.70. The first-order chi connectivity index (χ1) is 16.1. The van der Waals surface area contributed by atoms with Crippen molar-refractivity contribution in [2.75, 3.05) is 32.5 Å². The lowest BCUT2D eigenvalue weighted by atomic mass is 10.1. The normalized spacial score (nSPS) is 12.0. The summed E-state index contributed by atoms with van der Waals surface area (Å²) in [5, 5.41) is 15.1. The van der Waals surface area contributed by atoms with Gasteiger partial charge in [0.15, 0.2) is 0 Å². The fourth-order valence-electron chi connectivity index (χ4n) is 3.23. The minimum absolute atomic E-state index is 0.0663. The van der Waals surface area contributed by atoms with Crippen LogP contribution in [0.1, 0.15) is 47.2 Å². The van der Waals surface area contributed by atoms with Crippen LogP contribution in [-0.4, -0.2) is 59.6 Å². The number of nitrogens with two attached hydrogens (primary N) is 1. The van der Waals surface area contributed by atoms with E-state index in [1.807, 2.05) is 19.0 Å². The van der Waals surface area contributed by atoms with Crippen molar-refractivity contribution in [1.29, 1.82) is 0 Å². The Morgan fingerprint density at radius 1 is 1.24 bits per heavy atom. The van der Waals surface area contributed by atoms with Gasteiger partial charge in [-0.1, -0.05) is 12.8 Å². The van der Waals surface area contributed by atoms with Gasteiger partial charge in [0.25, 0.3) is 5.91 Å². The standard InChI is InChI=1S/C22H31F2N5O4S/c1-13-9-16(23)15(17(24)10-13)12-33-20-18(19(25)31)21(34-28-20)27-22(32)26-8-6-4-5-7-14(30)11-29(2)3/h9-10,14,30H,4-8,11-12H2,1-3H3,(H2,25,31)(H2,26,27,32). The first-order valence-electron chi connectivity index (χ1n) is 10.8. The number of nitrogens with zero attached hydrogens (tertiary/aromatic N) is 2. The zero-order valence-corrected chi connectivity index (χ0v) is 20.3. The van der Waals surface area contributed by atoms with E-state index in [1.165, 1.54) is 12.1 Å². The molecule has 1 aromatic carbocycles. The molecule has 188 valence electrons. The van der Waals surface area contributed by atoms with Crippen LogP contribution < -0.4 is 21.1 Å². The van der Waals surface area contributed by atoms with E-state index in [4.69, 9.17) is 10.5 Å². The molecular formula is C22H31F2N5O4S. The van der Waals surface area contributed by atoms with Gasteiger partial charge in [-0.3, -0.25) is 10.1 Å². The highest BCUT2D eigenvalue weighted by molar-refractivity contribution is 7.11. The van der Waals surface area contributed by atoms with Crippen molar-refractivity contribution in [2.45, 2.75) is 45.3 Å². The smallest absolute Gasteiger partial charge is 0.319 e. The summed E-state index contributed by atoms with van der Waals surface area (Å²) in [7, 11) is 3.80. The summed E-state index contributed by atoms with van der Waals surface area (Å²) in [5.41, 5.74) is 5.33. The van der Waals surface area contributed by atoms with Gasteiger partial charge in [-0.25, -0.2) is 13.6 Å².